The second kappa shape index (κ2) is 8.48. The first-order valence-electron chi connectivity index (χ1n) is 10.1. The van der Waals surface area contributed by atoms with Gasteiger partial charge in [0.25, 0.3) is 5.91 Å². The van der Waals surface area contributed by atoms with Gasteiger partial charge in [-0.3, -0.25) is 4.79 Å². The Morgan fingerprint density at radius 2 is 1.97 bits per heavy atom. The molecule has 30 heavy (non-hydrogen) atoms. The molecule has 1 aliphatic rings. The van der Waals surface area contributed by atoms with Gasteiger partial charge < -0.3 is 25.1 Å². The van der Waals surface area contributed by atoms with E-state index in [4.69, 9.17) is 9.05 Å². The SMILES string of the molecule is CC[C@@H](Nc1nonc1Nc1cccc(C(=O)N2CCCC2)c1O)c1ccc(C)o1. The van der Waals surface area contributed by atoms with Crippen LogP contribution in [0.2, 0.25) is 0 Å². The van der Waals surface area contributed by atoms with Gasteiger partial charge in [-0.25, -0.2) is 4.63 Å². The second-order valence-corrected chi connectivity index (χ2v) is 7.34. The van der Waals surface area contributed by atoms with Crippen molar-refractivity contribution in [2.45, 2.75) is 39.2 Å². The number of benzene rings is 1. The Balaban J connectivity index is 1.54. The Morgan fingerprint density at radius 1 is 1.20 bits per heavy atom. The predicted molar refractivity (Wildman–Crippen MR) is 111 cm³/mol. The van der Waals surface area contributed by atoms with Crippen LogP contribution < -0.4 is 10.6 Å². The maximum Gasteiger partial charge on any atom is 0.257 e. The first-order chi connectivity index (χ1) is 14.6. The summed E-state index contributed by atoms with van der Waals surface area (Å²) in [6, 6.07) is 8.70. The maximum absolute atomic E-state index is 12.7. The van der Waals surface area contributed by atoms with Crippen LogP contribution in [0.5, 0.6) is 5.75 Å². The van der Waals surface area contributed by atoms with Crippen LogP contribution in [-0.4, -0.2) is 39.3 Å². The molecule has 0 aliphatic carbocycles. The monoisotopic (exact) mass is 411 g/mol. The van der Waals surface area contributed by atoms with Crippen LogP contribution in [0.1, 0.15) is 54.1 Å². The molecular formula is C21H25N5O4. The molecule has 3 N–H and O–H groups in total. The Kier molecular flexibility index (Phi) is 5.60. The van der Waals surface area contributed by atoms with Crippen molar-refractivity contribution in [2.75, 3.05) is 23.7 Å². The number of anilines is 3. The maximum atomic E-state index is 12.7. The number of phenols is 1. The Morgan fingerprint density at radius 3 is 2.67 bits per heavy atom. The highest BCUT2D eigenvalue weighted by Crippen LogP contribution is 2.34. The topological polar surface area (TPSA) is 117 Å². The fourth-order valence-electron chi connectivity index (χ4n) is 3.58. The van der Waals surface area contributed by atoms with Crippen molar-refractivity contribution >= 4 is 23.2 Å². The van der Waals surface area contributed by atoms with Gasteiger partial charge in [0, 0.05) is 13.1 Å². The largest absolute Gasteiger partial charge is 0.505 e. The molecule has 1 aromatic carbocycles. The molecule has 1 fully saturated rings. The van der Waals surface area contributed by atoms with Crippen molar-refractivity contribution in [3.8, 4) is 5.75 Å². The zero-order chi connectivity index (χ0) is 21.1. The molecule has 3 heterocycles. The quantitative estimate of drug-likeness (QED) is 0.495. The number of nitrogens with one attached hydrogen (secondary N) is 2. The highest BCUT2D eigenvalue weighted by molar-refractivity contribution is 5.99. The van der Waals surface area contributed by atoms with E-state index in [1.165, 1.54) is 0 Å². The Labute approximate surface area is 174 Å². The number of rotatable bonds is 7. The van der Waals surface area contributed by atoms with Crippen LogP contribution in [0.15, 0.2) is 39.4 Å². The summed E-state index contributed by atoms with van der Waals surface area (Å²) in [5.41, 5.74) is 0.603. The molecule has 3 aromatic rings. The first-order valence-corrected chi connectivity index (χ1v) is 10.1. The lowest BCUT2D eigenvalue weighted by molar-refractivity contribution is 0.0790. The highest BCUT2D eigenvalue weighted by Gasteiger charge is 2.24. The smallest absolute Gasteiger partial charge is 0.257 e. The number of phenolic OH excluding ortho intramolecular Hbond substituents is 1. The van der Waals surface area contributed by atoms with Crippen LogP contribution in [-0.2, 0) is 0 Å². The molecule has 1 atom stereocenters. The summed E-state index contributed by atoms with van der Waals surface area (Å²) in [7, 11) is 0. The molecule has 4 rings (SSSR count). The molecule has 0 unspecified atom stereocenters. The average Bonchev–Trinajstić information content (AvgIpc) is 3.50. The lowest BCUT2D eigenvalue weighted by atomic mass is 10.1. The average molecular weight is 411 g/mol. The molecule has 9 nitrogen and oxygen atoms in total. The van der Waals surface area contributed by atoms with E-state index in [1.807, 2.05) is 26.0 Å². The van der Waals surface area contributed by atoms with Gasteiger partial charge in [-0.2, -0.15) is 0 Å². The van der Waals surface area contributed by atoms with E-state index in [1.54, 1.807) is 23.1 Å². The van der Waals surface area contributed by atoms with E-state index < -0.39 is 0 Å². The summed E-state index contributed by atoms with van der Waals surface area (Å²) < 4.78 is 10.6. The number of hydrogen-bond acceptors (Lipinski definition) is 8. The van der Waals surface area contributed by atoms with Crippen molar-refractivity contribution in [1.82, 2.24) is 15.2 Å². The summed E-state index contributed by atoms with van der Waals surface area (Å²) in [5, 5.41) is 24.8. The number of aromatic hydroxyl groups is 1. The standard InChI is InChI=1S/C21H25N5O4/c1-3-15(17-10-9-13(2)29-17)22-19-20(25-30-24-19)23-16-8-6-7-14(18(16)27)21(28)26-11-4-5-12-26/h6-10,15,27H,3-5,11-12H2,1-2H3,(H,22,24)(H,23,25)/t15-/m1/s1. The summed E-state index contributed by atoms with van der Waals surface area (Å²) in [6.45, 7) is 5.33. The van der Waals surface area contributed by atoms with Gasteiger partial charge in [-0.1, -0.05) is 13.0 Å². The van der Waals surface area contributed by atoms with E-state index >= 15 is 0 Å². The van der Waals surface area contributed by atoms with Gasteiger partial charge in [0.15, 0.2) is 5.75 Å². The van der Waals surface area contributed by atoms with E-state index in [0.29, 0.717) is 30.4 Å². The number of carbonyl (C=O) groups is 1. The minimum atomic E-state index is -0.176. The summed E-state index contributed by atoms with van der Waals surface area (Å²) in [5.74, 6) is 1.99. The van der Waals surface area contributed by atoms with Crippen LogP contribution in [0.25, 0.3) is 0 Å². The number of aryl methyl sites for hydroxylation is 1. The fraction of sp³-hybridized carbons (Fsp3) is 0.381. The van der Waals surface area contributed by atoms with Crippen molar-refractivity contribution in [3.63, 3.8) is 0 Å². The minimum Gasteiger partial charge on any atom is -0.505 e. The fourth-order valence-corrected chi connectivity index (χ4v) is 3.58. The van der Waals surface area contributed by atoms with Gasteiger partial charge in [0.1, 0.15) is 11.5 Å². The molecule has 0 spiro atoms. The van der Waals surface area contributed by atoms with E-state index in [-0.39, 0.29) is 23.3 Å². The number of furan rings is 1. The van der Waals surface area contributed by atoms with Crippen LogP contribution in [0.4, 0.5) is 17.3 Å². The number of nitrogens with zero attached hydrogens (tertiary/aromatic N) is 3. The van der Waals surface area contributed by atoms with Gasteiger partial charge in [-0.05, 0) is 60.8 Å². The van der Waals surface area contributed by atoms with Crippen molar-refractivity contribution in [1.29, 1.82) is 0 Å². The lowest BCUT2D eigenvalue weighted by Crippen LogP contribution is -2.27. The third kappa shape index (κ3) is 3.96. The van der Waals surface area contributed by atoms with Crippen LogP contribution in [0.3, 0.4) is 0 Å². The molecule has 0 radical (unpaired) electrons. The first kappa shape index (κ1) is 19.8. The number of hydrogen-bond donors (Lipinski definition) is 3. The highest BCUT2D eigenvalue weighted by atomic mass is 16.6. The molecule has 0 saturated carbocycles. The third-order valence-electron chi connectivity index (χ3n) is 5.23. The zero-order valence-corrected chi connectivity index (χ0v) is 17.0. The van der Waals surface area contributed by atoms with Gasteiger partial charge in [0.05, 0.1) is 17.3 Å². The predicted octanol–water partition coefficient (Wildman–Crippen LogP) is 4.22. The molecule has 0 bridgehead atoms. The molecule has 1 saturated heterocycles. The zero-order valence-electron chi connectivity index (χ0n) is 17.0. The van der Waals surface area contributed by atoms with Crippen molar-refractivity contribution in [2.24, 2.45) is 0 Å². The van der Waals surface area contributed by atoms with E-state index in [9.17, 15) is 9.90 Å². The normalized spacial score (nSPS) is 14.7. The van der Waals surface area contributed by atoms with Crippen LogP contribution in [0, 0.1) is 6.92 Å². The Bertz CT molecular complexity index is 1020. The number of carbonyl (C=O) groups excluding carboxylic acids is 1. The molecule has 1 aliphatic heterocycles. The number of para-hydroxylation sites is 1. The summed E-state index contributed by atoms with van der Waals surface area (Å²) in [4.78, 5) is 14.5. The number of amides is 1. The van der Waals surface area contributed by atoms with Gasteiger partial charge in [-0.15, -0.1) is 0 Å². The van der Waals surface area contributed by atoms with Gasteiger partial charge in [0.2, 0.25) is 11.6 Å². The molecule has 2 aromatic heterocycles. The molecule has 158 valence electrons. The number of likely N-dealkylation sites (tertiary alicyclic amines) is 1. The Hall–Kier alpha value is -3.49. The molecule has 1 amide bonds. The minimum absolute atomic E-state index is 0.122. The second-order valence-electron chi connectivity index (χ2n) is 7.34. The van der Waals surface area contributed by atoms with Gasteiger partial charge >= 0.3 is 0 Å². The molecule has 9 heteroatoms. The summed E-state index contributed by atoms with van der Waals surface area (Å²) >= 11 is 0. The van der Waals surface area contributed by atoms with Crippen molar-refractivity contribution < 1.29 is 18.9 Å². The van der Waals surface area contributed by atoms with Crippen molar-refractivity contribution in [3.05, 3.63) is 47.4 Å². The third-order valence-corrected chi connectivity index (χ3v) is 5.23. The van der Waals surface area contributed by atoms with E-state index in [2.05, 4.69) is 20.9 Å². The molecular weight excluding hydrogens is 386 g/mol. The van der Waals surface area contributed by atoms with E-state index in [0.717, 1.165) is 30.8 Å². The summed E-state index contributed by atoms with van der Waals surface area (Å²) in [6.07, 6.45) is 2.72. The van der Waals surface area contributed by atoms with Crippen LogP contribution >= 0.6 is 0 Å². The lowest BCUT2D eigenvalue weighted by Gasteiger charge is -2.17. The number of aromatic nitrogens is 2.